The molecule has 0 aliphatic carbocycles. The van der Waals surface area contributed by atoms with Crippen molar-refractivity contribution in [2.45, 2.75) is 19.3 Å². The molecule has 0 unspecified atom stereocenters. The Morgan fingerprint density at radius 2 is 1.86 bits per heavy atom. The average molecular weight is 300 g/mol. The molecule has 0 fully saturated rings. The number of halogens is 1. The number of carbonyl (C=O) groups excluding carboxylic acids is 2. The summed E-state index contributed by atoms with van der Waals surface area (Å²) in [5, 5.41) is 2.75. The fourth-order valence-electron chi connectivity index (χ4n) is 1.98. The molecule has 1 aromatic heterocycles. The van der Waals surface area contributed by atoms with E-state index in [2.05, 4.69) is 10.3 Å². The Labute approximate surface area is 128 Å². The van der Waals surface area contributed by atoms with E-state index in [1.165, 1.54) is 18.3 Å². The summed E-state index contributed by atoms with van der Waals surface area (Å²) in [7, 11) is 0. The number of aromatic nitrogens is 1. The second kappa shape index (κ2) is 8.02. The predicted octanol–water partition coefficient (Wildman–Crippen LogP) is 2.54. The van der Waals surface area contributed by atoms with Gasteiger partial charge in [0.25, 0.3) is 0 Å². The fraction of sp³-hybridized carbons (Fsp3) is 0.235. The van der Waals surface area contributed by atoms with Gasteiger partial charge in [-0.1, -0.05) is 12.1 Å². The number of rotatable bonds is 7. The van der Waals surface area contributed by atoms with Gasteiger partial charge in [-0.15, -0.1) is 0 Å². The molecule has 1 aromatic carbocycles. The summed E-state index contributed by atoms with van der Waals surface area (Å²) >= 11 is 0. The molecule has 0 saturated carbocycles. The first kappa shape index (κ1) is 15.8. The number of nitrogens with one attached hydrogen (secondary N) is 1. The van der Waals surface area contributed by atoms with E-state index >= 15 is 0 Å². The number of carbonyl (C=O) groups is 2. The second-order valence-electron chi connectivity index (χ2n) is 4.89. The average Bonchev–Trinajstić information content (AvgIpc) is 2.55. The second-order valence-corrected chi connectivity index (χ2v) is 4.89. The van der Waals surface area contributed by atoms with E-state index in [4.69, 9.17) is 0 Å². The van der Waals surface area contributed by atoms with Gasteiger partial charge in [0.05, 0.1) is 0 Å². The zero-order chi connectivity index (χ0) is 15.8. The molecule has 5 heteroatoms. The molecular weight excluding hydrogens is 283 g/mol. The zero-order valence-electron chi connectivity index (χ0n) is 12.1. The highest BCUT2D eigenvalue weighted by Crippen LogP contribution is 2.04. The lowest BCUT2D eigenvalue weighted by Crippen LogP contribution is -2.26. The van der Waals surface area contributed by atoms with Crippen LogP contribution in [0.25, 0.3) is 0 Å². The van der Waals surface area contributed by atoms with Crippen LogP contribution in [0.4, 0.5) is 4.39 Å². The summed E-state index contributed by atoms with van der Waals surface area (Å²) in [4.78, 5) is 27.4. The molecular formula is C17H17FN2O2. The number of benzene rings is 1. The molecule has 0 atom stereocenters. The molecule has 22 heavy (non-hydrogen) atoms. The molecule has 0 saturated heterocycles. The van der Waals surface area contributed by atoms with Gasteiger partial charge in [-0.25, -0.2) is 4.39 Å². The number of amides is 1. The summed E-state index contributed by atoms with van der Waals surface area (Å²) in [6.07, 6.45) is 4.03. The van der Waals surface area contributed by atoms with Crippen molar-refractivity contribution in [1.82, 2.24) is 10.3 Å². The van der Waals surface area contributed by atoms with Crippen molar-refractivity contribution in [3.63, 3.8) is 0 Å². The monoisotopic (exact) mass is 300 g/mol. The quantitative estimate of drug-likeness (QED) is 0.799. The van der Waals surface area contributed by atoms with Crippen LogP contribution in [0.2, 0.25) is 0 Å². The third kappa shape index (κ3) is 5.09. The first-order valence-corrected chi connectivity index (χ1v) is 7.09. The van der Waals surface area contributed by atoms with E-state index < -0.39 is 0 Å². The van der Waals surface area contributed by atoms with Crippen molar-refractivity contribution in [2.75, 3.05) is 6.54 Å². The van der Waals surface area contributed by atoms with Gasteiger partial charge in [-0.2, -0.15) is 0 Å². The van der Waals surface area contributed by atoms with E-state index in [9.17, 15) is 14.0 Å². The summed E-state index contributed by atoms with van der Waals surface area (Å²) in [6, 6.07) is 9.53. The standard InChI is InChI=1S/C17H17FN2O2/c18-15-5-3-13(4-6-15)9-11-20-17(22)8-7-16(21)14-2-1-10-19-12-14/h1-6,10,12H,7-9,11H2,(H,20,22). The topological polar surface area (TPSA) is 59.1 Å². The van der Waals surface area contributed by atoms with Crippen molar-refractivity contribution in [3.05, 3.63) is 65.7 Å². The fourth-order valence-corrected chi connectivity index (χ4v) is 1.98. The number of hydrogen-bond acceptors (Lipinski definition) is 3. The first-order valence-electron chi connectivity index (χ1n) is 7.09. The molecule has 0 bridgehead atoms. The maximum Gasteiger partial charge on any atom is 0.220 e. The molecule has 1 amide bonds. The first-order chi connectivity index (χ1) is 10.6. The SMILES string of the molecule is O=C(CCC(=O)c1cccnc1)NCCc1ccc(F)cc1. The van der Waals surface area contributed by atoms with E-state index in [0.29, 0.717) is 18.5 Å². The van der Waals surface area contributed by atoms with E-state index in [1.807, 2.05) is 0 Å². The van der Waals surface area contributed by atoms with Crippen LogP contribution in [-0.4, -0.2) is 23.2 Å². The Bertz CT molecular complexity index is 627. The van der Waals surface area contributed by atoms with Crippen LogP contribution in [0.5, 0.6) is 0 Å². The number of pyridine rings is 1. The van der Waals surface area contributed by atoms with Crippen LogP contribution in [0.1, 0.15) is 28.8 Å². The lowest BCUT2D eigenvalue weighted by Gasteiger charge is -2.05. The van der Waals surface area contributed by atoms with Gasteiger partial charge in [0.15, 0.2) is 5.78 Å². The molecule has 1 N–H and O–H groups in total. The van der Waals surface area contributed by atoms with Gasteiger partial charge in [-0.05, 0) is 36.2 Å². The van der Waals surface area contributed by atoms with E-state index in [1.54, 1.807) is 30.5 Å². The smallest absolute Gasteiger partial charge is 0.220 e. The van der Waals surface area contributed by atoms with Crippen LogP contribution in [-0.2, 0) is 11.2 Å². The summed E-state index contributed by atoms with van der Waals surface area (Å²) in [5.41, 5.74) is 1.47. The van der Waals surface area contributed by atoms with Gasteiger partial charge in [0.1, 0.15) is 5.82 Å². The van der Waals surface area contributed by atoms with Gasteiger partial charge in [0.2, 0.25) is 5.91 Å². The van der Waals surface area contributed by atoms with Crippen molar-refractivity contribution >= 4 is 11.7 Å². The Morgan fingerprint density at radius 1 is 1.09 bits per heavy atom. The normalized spacial score (nSPS) is 10.2. The number of ketones is 1. The summed E-state index contributed by atoms with van der Waals surface area (Å²) < 4.78 is 12.7. The van der Waals surface area contributed by atoms with Crippen LogP contribution < -0.4 is 5.32 Å². The highest BCUT2D eigenvalue weighted by Gasteiger charge is 2.09. The molecule has 0 spiro atoms. The highest BCUT2D eigenvalue weighted by atomic mass is 19.1. The van der Waals surface area contributed by atoms with Crippen molar-refractivity contribution < 1.29 is 14.0 Å². The number of nitrogens with zero attached hydrogens (tertiary/aromatic N) is 1. The van der Waals surface area contributed by atoms with Crippen LogP contribution >= 0.6 is 0 Å². The molecule has 4 nitrogen and oxygen atoms in total. The third-order valence-corrected chi connectivity index (χ3v) is 3.21. The molecule has 2 rings (SSSR count). The maximum atomic E-state index is 12.7. The number of hydrogen-bond donors (Lipinski definition) is 1. The van der Waals surface area contributed by atoms with Crippen molar-refractivity contribution in [3.8, 4) is 0 Å². The Hall–Kier alpha value is -2.56. The lowest BCUT2D eigenvalue weighted by atomic mass is 10.1. The van der Waals surface area contributed by atoms with Crippen molar-refractivity contribution in [1.29, 1.82) is 0 Å². The van der Waals surface area contributed by atoms with E-state index in [-0.39, 0.29) is 30.3 Å². The van der Waals surface area contributed by atoms with Gasteiger partial charge < -0.3 is 5.32 Å². The summed E-state index contributed by atoms with van der Waals surface area (Å²) in [5.74, 6) is -0.539. The zero-order valence-corrected chi connectivity index (χ0v) is 12.1. The summed E-state index contributed by atoms with van der Waals surface area (Å²) in [6.45, 7) is 0.464. The molecule has 114 valence electrons. The molecule has 0 radical (unpaired) electrons. The van der Waals surface area contributed by atoms with Gasteiger partial charge in [-0.3, -0.25) is 14.6 Å². The molecule has 2 aromatic rings. The van der Waals surface area contributed by atoms with E-state index in [0.717, 1.165) is 5.56 Å². The highest BCUT2D eigenvalue weighted by molar-refractivity contribution is 5.97. The minimum atomic E-state index is -0.276. The van der Waals surface area contributed by atoms with Gasteiger partial charge >= 0.3 is 0 Å². The largest absolute Gasteiger partial charge is 0.356 e. The Balaban J connectivity index is 1.68. The van der Waals surface area contributed by atoms with Crippen LogP contribution in [0, 0.1) is 5.82 Å². The Morgan fingerprint density at radius 3 is 2.55 bits per heavy atom. The van der Waals surface area contributed by atoms with Crippen LogP contribution in [0.3, 0.4) is 0 Å². The number of Topliss-reactive ketones (excluding diaryl/α,β-unsaturated/α-hetero) is 1. The van der Waals surface area contributed by atoms with Gasteiger partial charge in [0, 0.05) is 37.3 Å². The van der Waals surface area contributed by atoms with Crippen molar-refractivity contribution in [2.24, 2.45) is 0 Å². The maximum absolute atomic E-state index is 12.7. The lowest BCUT2D eigenvalue weighted by molar-refractivity contribution is -0.121. The minimum absolute atomic E-state index is 0.0956. The Kier molecular flexibility index (Phi) is 5.77. The minimum Gasteiger partial charge on any atom is -0.356 e. The molecule has 0 aliphatic rings. The molecule has 1 heterocycles. The predicted molar refractivity (Wildman–Crippen MR) is 80.9 cm³/mol. The van der Waals surface area contributed by atoms with Crippen LogP contribution in [0.15, 0.2) is 48.8 Å². The third-order valence-electron chi connectivity index (χ3n) is 3.21. The molecule has 0 aliphatic heterocycles.